The van der Waals surface area contributed by atoms with E-state index < -0.39 is 5.97 Å². The second kappa shape index (κ2) is 6.70. The molecular formula is C13H7Cl3N2O2. The molecule has 0 aliphatic rings. The van der Waals surface area contributed by atoms with Crippen LogP contribution < -0.4 is 0 Å². The SMILES string of the molecule is O=C(O/N=C\c1ccc(Cl)c(Cl)c1)c1cccnc1Cl. The van der Waals surface area contributed by atoms with E-state index in [1.165, 1.54) is 18.5 Å². The Balaban J connectivity index is 2.05. The monoisotopic (exact) mass is 328 g/mol. The Kier molecular flexibility index (Phi) is 4.95. The van der Waals surface area contributed by atoms with Crippen LogP contribution in [0.4, 0.5) is 0 Å². The molecule has 1 aromatic carbocycles. The molecule has 0 saturated heterocycles. The fraction of sp³-hybridized carbons (Fsp3) is 0. The minimum absolute atomic E-state index is 0.0576. The third kappa shape index (κ3) is 3.70. The summed E-state index contributed by atoms with van der Waals surface area (Å²) in [5, 5.41) is 4.44. The zero-order chi connectivity index (χ0) is 14.5. The van der Waals surface area contributed by atoms with Crippen molar-refractivity contribution in [1.82, 2.24) is 4.98 Å². The van der Waals surface area contributed by atoms with Gasteiger partial charge in [0.15, 0.2) is 0 Å². The van der Waals surface area contributed by atoms with Gasteiger partial charge in [0.1, 0.15) is 5.15 Å². The maximum absolute atomic E-state index is 11.7. The molecule has 2 rings (SSSR count). The van der Waals surface area contributed by atoms with Crippen LogP contribution in [-0.4, -0.2) is 17.2 Å². The highest BCUT2D eigenvalue weighted by Gasteiger charge is 2.11. The lowest BCUT2D eigenvalue weighted by atomic mass is 10.2. The number of nitrogens with zero attached hydrogens (tertiary/aromatic N) is 2. The molecule has 1 heterocycles. The Morgan fingerprint density at radius 2 is 2.00 bits per heavy atom. The van der Waals surface area contributed by atoms with Gasteiger partial charge in [-0.3, -0.25) is 0 Å². The van der Waals surface area contributed by atoms with Gasteiger partial charge in [0.2, 0.25) is 0 Å². The Hall–Kier alpha value is -1.62. The molecule has 7 heteroatoms. The van der Waals surface area contributed by atoms with E-state index in [0.717, 1.165) is 0 Å². The molecule has 0 atom stereocenters. The third-order valence-electron chi connectivity index (χ3n) is 2.26. The summed E-state index contributed by atoms with van der Waals surface area (Å²) in [5.41, 5.74) is 0.782. The summed E-state index contributed by atoms with van der Waals surface area (Å²) in [4.78, 5) is 20.2. The maximum Gasteiger partial charge on any atom is 0.368 e. The number of carbonyl (C=O) groups excluding carboxylic acids is 1. The number of rotatable bonds is 3. The summed E-state index contributed by atoms with van der Waals surface area (Å²) in [6, 6.07) is 7.96. The summed E-state index contributed by atoms with van der Waals surface area (Å²) in [6.45, 7) is 0. The lowest BCUT2D eigenvalue weighted by Gasteiger charge is -1.99. The molecule has 0 aliphatic carbocycles. The highest BCUT2D eigenvalue weighted by molar-refractivity contribution is 6.42. The van der Waals surface area contributed by atoms with Crippen LogP contribution in [0.5, 0.6) is 0 Å². The first-order valence-corrected chi connectivity index (χ1v) is 6.51. The van der Waals surface area contributed by atoms with Crippen LogP contribution in [0.2, 0.25) is 15.2 Å². The third-order valence-corrected chi connectivity index (χ3v) is 3.30. The fourth-order valence-electron chi connectivity index (χ4n) is 1.32. The molecule has 0 saturated carbocycles. The molecule has 1 aromatic heterocycles. The molecule has 0 fully saturated rings. The van der Waals surface area contributed by atoms with E-state index in [-0.39, 0.29) is 10.7 Å². The number of oxime groups is 1. The summed E-state index contributed by atoms with van der Waals surface area (Å²) < 4.78 is 0. The summed E-state index contributed by atoms with van der Waals surface area (Å²) in [5.74, 6) is -0.695. The van der Waals surface area contributed by atoms with Gasteiger partial charge in [-0.15, -0.1) is 0 Å². The first kappa shape index (κ1) is 14.8. The molecule has 0 bridgehead atoms. The predicted molar refractivity (Wildman–Crippen MR) is 78.7 cm³/mol. The smallest absolute Gasteiger partial charge is 0.313 e. The van der Waals surface area contributed by atoms with Crippen LogP contribution in [0.1, 0.15) is 15.9 Å². The van der Waals surface area contributed by atoms with Crippen molar-refractivity contribution in [3.05, 3.63) is 62.9 Å². The van der Waals surface area contributed by atoms with E-state index >= 15 is 0 Å². The summed E-state index contributed by atoms with van der Waals surface area (Å²) in [6.07, 6.45) is 2.81. The molecule has 20 heavy (non-hydrogen) atoms. The maximum atomic E-state index is 11.7. The molecule has 0 unspecified atom stereocenters. The Morgan fingerprint density at radius 3 is 2.70 bits per heavy atom. The van der Waals surface area contributed by atoms with Crippen molar-refractivity contribution in [2.45, 2.75) is 0 Å². The van der Waals surface area contributed by atoms with Gasteiger partial charge in [0.25, 0.3) is 0 Å². The van der Waals surface area contributed by atoms with Crippen molar-refractivity contribution in [3.8, 4) is 0 Å². The number of carbonyl (C=O) groups is 1. The van der Waals surface area contributed by atoms with Gasteiger partial charge in [-0.25, -0.2) is 9.78 Å². The Labute approximate surface area is 129 Å². The van der Waals surface area contributed by atoms with E-state index in [0.29, 0.717) is 15.6 Å². The first-order chi connectivity index (χ1) is 9.58. The van der Waals surface area contributed by atoms with E-state index in [9.17, 15) is 4.79 Å². The number of halogens is 3. The average Bonchev–Trinajstić information content (AvgIpc) is 2.43. The molecule has 4 nitrogen and oxygen atoms in total. The number of hydrogen-bond donors (Lipinski definition) is 0. The molecule has 102 valence electrons. The average molecular weight is 330 g/mol. The van der Waals surface area contributed by atoms with Gasteiger partial charge in [0.05, 0.1) is 21.8 Å². The predicted octanol–water partition coefficient (Wildman–Crippen LogP) is 4.23. The van der Waals surface area contributed by atoms with Crippen molar-refractivity contribution in [1.29, 1.82) is 0 Å². The Bertz CT molecular complexity index is 674. The van der Waals surface area contributed by atoms with Crippen molar-refractivity contribution in [3.63, 3.8) is 0 Å². The molecule has 2 aromatic rings. The quantitative estimate of drug-likeness (QED) is 0.366. The van der Waals surface area contributed by atoms with Gasteiger partial charge in [0, 0.05) is 6.20 Å². The van der Waals surface area contributed by atoms with Crippen LogP contribution >= 0.6 is 34.8 Å². The summed E-state index contributed by atoms with van der Waals surface area (Å²) in [7, 11) is 0. The second-order valence-electron chi connectivity index (χ2n) is 3.63. The van der Waals surface area contributed by atoms with E-state index in [1.807, 2.05) is 0 Å². The van der Waals surface area contributed by atoms with Gasteiger partial charge < -0.3 is 4.84 Å². The minimum Gasteiger partial charge on any atom is -0.313 e. The van der Waals surface area contributed by atoms with Crippen molar-refractivity contribution >= 4 is 47.0 Å². The number of pyridine rings is 1. The van der Waals surface area contributed by atoms with Crippen LogP contribution in [0, 0.1) is 0 Å². The molecular weight excluding hydrogens is 323 g/mol. The van der Waals surface area contributed by atoms with E-state index in [4.69, 9.17) is 39.6 Å². The molecule has 0 aliphatic heterocycles. The van der Waals surface area contributed by atoms with Crippen LogP contribution in [0.15, 0.2) is 41.7 Å². The van der Waals surface area contributed by atoms with Crippen molar-refractivity contribution in [2.24, 2.45) is 5.16 Å². The van der Waals surface area contributed by atoms with Gasteiger partial charge >= 0.3 is 5.97 Å². The fourth-order valence-corrected chi connectivity index (χ4v) is 1.82. The van der Waals surface area contributed by atoms with E-state index in [2.05, 4.69) is 10.1 Å². The van der Waals surface area contributed by atoms with Crippen molar-refractivity contribution < 1.29 is 9.63 Å². The normalized spacial score (nSPS) is 10.8. The van der Waals surface area contributed by atoms with Crippen LogP contribution in [-0.2, 0) is 4.84 Å². The molecule has 0 N–H and O–H groups in total. The number of aromatic nitrogens is 1. The standard InChI is InChI=1S/C13H7Cl3N2O2/c14-10-4-3-8(6-11(10)15)7-18-20-13(19)9-2-1-5-17-12(9)16/h1-7H/b18-7-. The van der Waals surface area contributed by atoms with E-state index in [1.54, 1.807) is 24.3 Å². The van der Waals surface area contributed by atoms with Crippen molar-refractivity contribution in [2.75, 3.05) is 0 Å². The molecule has 0 radical (unpaired) electrons. The summed E-state index contributed by atoms with van der Waals surface area (Å²) >= 11 is 17.4. The highest BCUT2D eigenvalue weighted by Crippen LogP contribution is 2.21. The van der Waals surface area contributed by atoms with Gasteiger partial charge in [-0.05, 0) is 29.8 Å². The zero-order valence-electron chi connectivity index (χ0n) is 9.89. The topological polar surface area (TPSA) is 51.5 Å². The largest absolute Gasteiger partial charge is 0.368 e. The van der Waals surface area contributed by atoms with Gasteiger partial charge in [-0.2, -0.15) is 0 Å². The zero-order valence-corrected chi connectivity index (χ0v) is 12.2. The van der Waals surface area contributed by atoms with Gasteiger partial charge in [-0.1, -0.05) is 46.0 Å². The first-order valence-electron chi connectivity index (χ1n) is 5.38. The number of hydrogen-bond acceptors (Lipinski definition) is 4. The Morgan fingerprint density at radius 1 is 1.20 bits per heavy atom. The van der Waals surface area contributed by atoms with Crippen LogP contribution in [0.25, 0.3) is 0 Å². The lowest BCUT2D eigenvalue weighted by Crippen LogP contribution is -2.02. The second-order valence-corrected chi connectivity index (χ2v) is 4.80. The molecule has 0 amide bonds. The lowest BCUT2D eigenvalue weighted by molar-refractivity contribution is 0.0519. The van der Waals surface area contributed by atoms with Crippen LogP contribution in [0.3, 0.4) is 0 Å². The highest BCUT2D eigenvalue weighted by atomic mass is 35.5. The number of benzene rings is 1. The molecule has 0 spiro atoms. The minimum atomic E-state index is -0.695.